The fourth-order valence-electron chi connectivity index (χ4n) is 0.995. The second-order valence-corrected chi connectivity index (χ2v) is 2.90. The van der Waals surface area contributed by atoms with Gasteiger partial charge in [-0.1, -0.05) is 11.8 Å². The minimum atomic E-state index is -0.412. The first-order valence-electron chi connectivity index (χ1n) is 4.46. The van der Waals surface area contributed by atoms with Gasteiger partial charge in [0.25, 0.3) is 0 Å². The molecule has 16 heavy (non-hydrogen) atoms. The van der Waals surface area contributed by atoms with Crippen molar-refractivity contribution in [3.63, 3.8) is 0 Å². The summed E-state index contributed by atoms with van der Waals surface area (Å²) in [6, 6.07) is 6.28. The molecule has 0 bridgehead atoms. The van der Waals surface area contributed by atoms with Gasteiger partial charge in [0, 0.05) is 5.56 Å². The fraction of sp³-hybridized carbons (Fsp3) is 0.167. The lowest BCUT2D eigenvalue weighted by atomic mass is 10.1. The molecule has 1 N–H and O–H groups in total. The molecule has 0 saturated heterocycles. The van der Waals surface area contributed by atoms with Crippen LogP contribution < -0.4 is 0 Å². The number of esters is 1. The molecular formula is C12H9NO3. The van der Waals surface area contributed by atoms with Gasteiger partial charge >= 0.3 is 5.97 Å². The molecule has 0 heterocycles. The Morgan fingerprint density at radius 2 is 2.31 bits per heavy atom. The average Bonchev–Trinajstić information content (AvgIpc) is 2.29. The van der Waals surface area contributed by atoms with E-state index in [2.05, 4.69) is 16.6 Å². The molecule has 0 spiro atoms. The molecule has 0 fully saturated rings. The Balaban J connectivity index is 2.80. The number of nitrogens with zero attached hydrogens (tertiary/aromatic N) is 1. The molecule has 1 aromatic rings. The van der Waals surface area contributed by atoms with Crippen LogP contribution in [0.4, 0.5) is 0 Å². The van der Waals surface area contributed by atoms with Crippen LogP contribution in [0.25, 0.3) is 0 Å². The lowest BCUT2D eigenvalue weighted by Gasteiger charge is -1.95. The molecule has 0 amide bonds. The van der Waals surface area contributed by atoms with Crippen molar-refractivity contribution < 1.29 is 14.6 Å². The van der Waals surface area contributed by atoms with Crippen molar-refractivity contribution >= 4 is 5.97 Å². The van der Waals surface area contributed by atoms with Gasteiger partial charge in [0.05, 0.1) is 12.7 Å². The van der Waals surface area contributed by atoms with Gasteiger partial charge in [-0.25, -0.2) is 0 Å². The average molecular weight is 215 g/mol. The highest BCUT2D eigenvalue weighted by atomic mass is 16.5. The van der Waals surface area contributed by atoms with Gasteiger partial charge in [0.15, 0.2) is 0 Å². The topological polar surface area (TPSA) is 70.3 Å². The predicted octanol–water partition coefficient (Wildman–Crippen LogP) is 1.18. The number of benzene rings is 1. The second kappa shape index (κ2) is 5.43. The standard InChI is InChI=1S/C12H9NO3/c1-16-12(15)4-2-3-9-5-6-10(8-13)11(14)7-9/h5-7,14H,4H2,1H3. The van der Waals surface area contributed by atoms with E-state index in [0.29, 0.717) is 5.56 Å². The Kier molecular flexibility index (Phi) is 3.94. The Labute approximate surface area is 93.1 Å². The summed E-state index contributed by atoms with van der Waals surface area (Å²) in [6.45, 7) is 0. The van der Waals surface area contributed by atoms with Gasteiger partial charge in [-0.2, -0.15) is 5.26 Å². The molecule has 0 aliphatic carbocycles. The van der Waals surface area contributed by atoms with E-state index in [1.807, 2.05) is 6.07 Å². The maximum absolute atomic E-state index is 10.8. The van der Waals surface area contributed by atoms with Crippen LogP contribution in [0.1, 0.15) is 17.5 Å². The number of aromatic hydroxyl groups is 1. The SMILES string of the molecule is COC(=O)CC#Cc1ccc(C#N)c(O)c1. The summed E-state index contributed by atoms with van der Waals surface area (Å²) in [5.41, 5.74) is 0.735. The molecule has 0 aliphatic heterocycles. The number of hydrogen-bond donors (Lipinski definition) is 1. The Hall–Kier alpha value is -2.46. The third-order valence-electron chi connectivity index (χ3n) is 1.81. The largest absolute Gasteiger partial charge is 0.507 e. The van der Waals surface area contributed by atoms with Crippen LogP contribution in [0.2, 0.25) is 0 Å². The van der Waals surface area contributed by atoms with Gasteiger partial charge in [0.2, 0.25) is 0 Å². The second-order valence-electron chi connectivity index (χ2n) is 2.90. The van der Waals surface area contributed by atoms with Crippen LogP contribution in [0.5, 0.6) is 5.75 Å². The Bertz CT molecular complexity index is 503. The normalized spacial score (nSPS) is 8.50. The fourth-order valence-corrected chi connectivity index (χ4v) is 0.995. The lowest BCUT2D eigenvalue weighted by Crippen LogP contribution is -1.96. The molecule has 1 aromatic carbocycles. The van der Waals surface area contributed by atoms with Crippen molar-refractivity contribution in [3.05, 3.63) is 29.3 Å². The molecule has 4 nitrogen and oxygen atoms in total. The summed E-state index contributed by atoms with van der Waals surface area (Å²) >= 11 is 0. The Morgan fingerprint density at radius 3 is 2.88 bits per heavy atom. The number of phenols is 1. The summed E-state index contributed by atoms with van der Waals surface area (Å²) < 4.78 is 4.41. The van der Waals surface area contributed by atoms with E-state index in [0.717, 1.165) is 0 Å². The molecule has 80 valence electrons. The molecule has 0 unspecified atom stereocenters. The summed E-state index contributed by atoms with van der Waals surface area (Å²) in [7, 11) is 1.29. The summed E-state index contributed by atoms with van der Waals surface area (Å²) in [5, 5.41) is 17.9. The molecule has 1 rings (SSSR count). The minimum absolute atomic E-state index is 0.00271. The highest BCUT2D eigenvalue weighted by Crippen LogP contribution is 2.16. The van der Waals surface area contributed by atoms with Crippen molar-refractivity contribution in [1.82, 2.24) is 0 Å². The van der Waals surface area contributed by atoms with Crippen LogP contribution >= 0.6 is 0 Å². The zero-order valence-corrected chi connectivity index (χ0v) is 8.65. The van der Waals surface area contributed by atoms with Crippen molar-refractivity contribution in [1.29, 1.82) is 5.26 Å². The molecule has 0 aromatic heterocycles. The van der Waals surface area contributed by atoms with E-state index in [4.69, 9.17) is 5.26 Å². The third-order valence-corrected chi connectivity index (χ3v) is 1.81. The molecule has 4 heteroatoms. The number of ether oxygens (including phenoxy) is 1. The summed E-state index contributed by atoms with van der Waals surface area (Å²) in [5.74, 6) is 4.75. The van der Waals surface area contributed by atoms with E-state index < -0.39 is 5.97 Å². The molecule has 0 atom stereocenters. The number of methoxy groups -OCH3 is 1. The van der Waals surface area contributed by atoms with Crippen LogP contribution in [0, 0.1) is 23.2 Å². The van der Waals surface area contributed by atoms with E-state index in [1.165, 1.54) is 19.2 Å². The number of hydrogen-bond acceptors (Lipinski definition) is 4. The number of carbonyl (C=O) groups excluding carboxylic acids is 1. The first-order chi connectivity index (χ1) is 7.67. The smallest absolute Gasteiger partial charge is 0.317 e. The quantitative estimate of drug-likeness (QED) is 0.564. The number of carbonyl (C=O) groups is 1. The van der Waals surface area contributed by atoms with Crippen LogP contribution in [0.3, 0.4) is 0 Å². The highest BCUT2D eigenvalue weighted by molar-refractivity contribution is 5.72. The number of phenolic OH excluding ortho intramolecular Hbond substituents is 1. The zero-order valence-electron chi connectivity index (χ0n) is 8.65. The summed E-state index contributed by atoms with van der Waals surface area (Å²) in [6.07, 6.45) is -0.00271. The predicted molar refractivity (Wildman–Crippen MR) is 56.3 cm³/mol. The van der Waals surface area contributed by atoms with Gasteiger partial charge in [-0.15, -0.1) is 0 Å². The lowest BCUT2D eigenvalue weighted by molar-refractivity contribution is -0.139. The van der Waals surface area contributed by atoms with E-state index in [9.17, 15) is 9.90 Å². The van der Waals surface area contributed by atoms with Crippen molar-refractivity contribution in [3.8, 4) is 23.7 Å². The minimum Gasteiger partial charge on any atom is -0.507 e. The highest BCUT2D eigenvalue weighted by Gasteiger charge is 1.99. The van der Waals surface area contributed by atoms with Gasteiger partial charge in [-0.3, -0.25) is 4.79 Å². The molecule has 0 aliphatic rings. The van der Waals surface area contributed by atoms with Crippen LogP contribution in [0.15, 0.2) is 18.2 Å². The maximum atomic E-state index is 10.8. The molecule has 0 radical (unpaired) electrons. The van der Waals surface area contributed by atoms with Crippen molar-refractivity contribution in [2.24, 2.45) is 0 Å². The van der Waals surface area contributed by atoms with E-state index in [1.54, 1.807) is 6.07 Å². The third kappa shape index (κ3) is 3.04. The molecule has 0 saturated carbocycles. The van der Waals surface area contributed by atoms with Gasteiger partial charge < -0.3 is 9.84 Å². The van der Waals surface area contributed by atoms with Gasteiger partial charge in [0.1, 0.15) is 18.2 Å². The number of nitriles is 1. The monoisotopic (exact) mass is 215 g/mol. The maximum Gasteiger partial charge on any atom is 0.317 e. The zero-order chi connectivity index (χ0) is 12.0. The van der Waals surface area contributed by atoms with E-state index in [-0.39, 0.29) is 17.7 Å². The Morgan fingerprint density at radius 1 is 1.56 bits per heavy atom. The van der Waals surface area contributed by atoms with Crippen molar-refractivity contribution in [2.45, 2.75) is 6.42 Å². The van der Waals surface area contributed by atoms with Crippen LogP contribution in [-0.2, 0) is 9.53 Å². The van der Waals surface area contributed by atoms with Crippen molar-refractivity contribution in [2.75, 3.05) is 7.11 Å². The first-order valence-corrected chi connectivity index (χ1v) is 4.46. The number of rotatable bonds is 1. The first kappa shape index (κ1) is 11.6. The van der Waals surface area contributed by atoms with Gasteiger partial charge in [-0.05, 0) is 18.2 Å². The van der Waals surface area contributed by atoms with E-state index >= 15 is 0 Å². The summed E-state index contributed by atoms with van der Waals surface area (Å²) in [4.78, 5) is 10.8. The molecular weight excluding hydrogens is 206 g/mol. The van der Waals surface area contributed by atoms with Crippen LogP contribution in [-0.4, -0.2) is 18.2 Å².